The highest BCUT2D eigenvalue weighted by Gasteiger charge is 2.35. The minimum Gasteiger partial charge on any atom is -0.335 e. The van der Waals surface area contributed by atoms with Gasteiger partial charge in [0.1, 0.15) is 0 Å². The Balaban J connectivity index is 1.57. The van der Waals surface area contributed by atoms with Gasteiger partial charge >= 0.3 is 6.18 Å². The molecular formula is C22H24F3N5OS. The molecule has 3 heterocycles. The Bertz CT molecular complexity index is 1080. The van der Waals surface area contributed by atoms with E-state index in [2.05, 4.69) is 22.1 Å². The van der Waals surface area contributed by atoms with Crippen LogP contribution in [-0.4, -0.2) is 43.4 Å². The first-order valence-electron chi connectivity index (χ1n) is 10.5. The predicted molar refractivity (Wildman–Crippen MR) is 115 cm³/mol. The third kappa shape index (κ3) is 4.69. The van der Waals surface area contributed by atoms with Crippen LogP contribution in [0.3, 0.4) is 0 Å². The van der Waals surface area contributed by atoms with E-state index < -0.39 is 11.9 Å². The molecule has 1 aliphatic heterocycles. The number of alkyl halides is 3. The molecule has 0 spiro atoms. The van der Waals surface area contributed by atoms with Crippen LogP contribution in [0.5, 0.6) is 0 Å². The maximum Gasteiger partial charge on any atom is 0.434 e. The fourth-order valence-electron chi connectivity index (χ4n) is 4.26. The van der Waals surface area contributed by atoms with Gasteiger partial charge in [0.15, 0.2) is 5.69 Å². The number of aryl methyl sites for hydroxylation is 2. The molecule has 4 rings (SSSR count). The van der Waals surface area contributed by atoms with E-state index in [1.807, 2.05) is 30.0 Å². The number of rotatable bonds is 5. The molecule has 0 aliphatic carbocycles. The lowest BCUT2D eigenvalue weighted by atomic mass is 9.87. The Kier molecular flexibility index (Phi) is 6.32. The van der Waals surface area contributed by atoms with Gasteiger partial charge in [0.25, 0.3) is 5.91 Å². The number of benzene rings is 1. The number of carbonyl (C=O) groups excluding carboxylic acids is 1. The van der Waals surface area contributed by atoms with Crippen LogP contribution in [0, 0.1) is 12.8 Å². The van der Waals surface area contributed by atoms with Crippen molar-refractivity contribution in [3.05, 3.63) is 57.8 Å². The number of aromatic nitrogens is 4. The van der Waals surface area contributed by atoms with Gasteiger partial charge in [-0.1, -0.05) is 18.6 Å². The highest BCUT2D eigenvalue weighted by Crippen LogP contribution is 2.32. The molecule has 10 heteroatoms. The lowest BCUT2D eigenvalue weighted by Gasteiger charge is -2.40. The van der Waals surface area contributed by atoms with Gasteiger partial charge in [0.05, 0.1) is 28.7 Å². The minimum absolute atomic E-state index is 0.0755. The van der Waals surface area contributed by atoms with E-state index >= 15 is 0 Å². The summed E-state index contributed by atoms with van der Waals surface area (Å²) < 4.78 is 38.6. The molecular weight excluding hydrogens is 439 g/mol. The molecule has 1 saturated heterocycles. The number of thiazole rings is 1. The smallest absolute Gasteiger partial charge is 0.335 e. The maximum atomic E-state index is 13.7. The van der Waals surface area contributed by atoms with Crippen LogP contribution < -0.4 is 0 Å². The summed E-state index contributed by atoms with van der Waals surface area (Å²) in [7, 11) is 0. The van der Waals surface area contributed by atoms with Gasteiger partial charge in [-0.3, -0.25) is 4.79 Å². The van der Waals surface area contributed by atoms with Crippen LogP contribution in [0.4, 0.5) is 13.2 Å². The summed E-state index contributed by atoms with van der Waals surface area (Å²) in [6.07, 6.45) is 1.52. The van der Waals surface area contributed by atoms with E-state index in [4.69, 9.17) is 0 Å². The number of hydrogen-bond donors (Lipinski definition) is 0. The SMILES string of the molecule is Cc1ccc(-n2nccn2)c(C(=O)N2CCC[C@@H](C)C2CCc2nc(C(F)(F)F)cs2)c1. The van der Waals surface area contributed by atoms with Crippen LogP contribution in [0.2, 0.25) is 0 Å². The second-order valence-electron chi connectivity index (χ2n) is 8.19. The molecule has 0 saturated carbocycles. The Morgan fingerprint density at radius 1 is 1.25 bits per heavy atom. The summed E-state index contributed by atoms with van der Waals surface area (Å²) in [6, 6.07) is 5.51. The number of hydrogen-bond acceptors (Lipinski definition) is 5. The van der Waals surface area contributed by atoms with Gasteiger partial charge in [0.2, 0.25) is 0 Å². The van der Waals surface area contributed by atoms with Crippen molar-refractivity contribution in [3.8, 4) is 5.69 Å². The van der Waals surface area contributed by atoms with E-state index in [0.717, 1.165) is 35.1 Å². The largest absolute Gasteiger partial charge is 0.434 e. The molecule has 3 aromatic rings. The average Bonchev–Trinajstić information content (AvgIpc) is 3.44. The van der Waals surface area contributed by atoms with Crippen LogP contribution in [0.15, 0.2) is 36.0 Å². The molecule has 6 nitrogen and oxygen atoms in total. The van der Waals surface area contributed by atoms with Crippen LogP contribution in [-0.2, 0) is 12.6 Å². The van der Waals surface area contributed by atoms with Crippen molar-refractivity contribution in [2.75, 3.05) is 6.54 Å². The molecule has 1 amide bonds. The lowest BCUT2D eigenvalue weighted by molar-refractivity contribution is -0.140. The highest BCUT2D eigenvalue weighted by atomic mass is 32.1. The van der Waals surface area contributed by atoms with Gasteiger partial charge in [-0.2, -0.15) is 28.2 Å². The van der Waals surface area contributed by atoms with Crippen molar-refractivity contribution in [1.29, 1.82) is 0 Å². The Labute approximate surface area is 188 Å². The number of amides is 1. The van der Waals surface area contributed by atoms with Gasteiger partial charge in [-0.25, -0.2) is 4.98 Å². The van der Waals surface area contributed by atoms with Crippen molar-refractivity contribution < 1.29 is 18.0 Å². The zero-order chi connectivity index (χ0) is 22.9. The van der Waals surface area contributed by atoms with Crippen LogP contribution in [0.1, 0.15) is 52.8 Å². The van der Waals surface area contributed by atoms with Crippen molar-refractivity contribution in [1.82, 2.24) is 24.9 Å². The summed E-state index contributed by atoms with van der Waals surface area (Å²) in [5, 5.41) is 9.84. The summed E-state index contributed by atoms with van der Waals surface area (Å²) in [4.78, 5) is 20.7. The Morgan fingerprint density at radius 2 is 2.00 bits per heavy atom. The molecule has 1 aromatic carbocycles. The second-order valence-corrected chi connectivity index (χ2v) is 9.13. The summed E-state index contributed by atoms with van der Waals surface area (Å²) in [5.41, 5.74) is 1.23. The summed E-state index contributed by atoms with van der Waals surface area (Å²) in [6.45, 7) is 4.63. The van der Waals surface area contributed by atoms with Crippen molar-refractivity contribution in [2.45, 2.75) is 51.7 Å². The Hall–Kier alpha value is -2.75. The fourth-order valence-corrected chi connectivity index (χ4v) is 5.08. The topological polar surface area (TPSA) is 63.9 Å². The molecule has 0 N–H and O–H groups in total. The minimum atomic E-state index is -4.43. The molecule has 32 heavy (non-hydrogen) atoms. The third-order valence-corrected chi connectivity index (χ3v) is 6.80. The van der Waals surface area contributed by atoms with E-state index in [1.165, 1.54) is 4.80 Å². The molecule has 0 bridgehead atoms. The number of nitrogens with zero attached hydrogens (tertiary/aromatic N) is 5. The fraction of sp³-hybridized carbons (Fsp3) is 0.455. The molecule has 0 radical (unpaired) electrons. The molecule has 2 atom stereocenters. The normalized spacial score (nSPS) is 19.3. The molecule has 1 aliphatic rings. The van der Waals surface area contributed by atoms with Gasteiger partial charge in [0, 0.05) is 24.4 Å². The number of halogens is 3. The molecule has 170 valence electrons. The predicted octanol–water partition coefficient (Wildman–Crippen LogP) is 4.92. The van der Waals surface area contributed by atoms with Crippen LogP contribution in [0.25, 0.3) is 5.69 Å². The van der Waals surface area contributed by atoms with E-state index in [-0.39, 0.29) is 17.9 Å². The highest BCUT2D eigenvalue weighted by molar-refractivity contribution is 7.09. The van der Waals surface area contributed by atoms with Crippen molar-refractivity contribution >= 4 is 17.2 Å². The lowest BCUT2D eigenvalue weighted by Crippen LogP contribution is -2.48. The van der Waals surface area contributed by atoms with Gasteiger partial charge in [-0.15, -0.1) is 11.3 Å². The monoisotopic (exact) mass is 463 g/mol. The number of likely N-dealkylation sites (tertiary alicyclic amines) is 1. The first-order valence-corrected chi connectivity index (χ1v) is 11.4. The zero-order valence-electron chi connectivity index (χ0n) is 17.8. The maximum absolute atomic E-state index is 13.7. The van der Waals surface area contributed by atoms with E-state index in [0.29, 0.717) is 35.6 Å². The zero-order valence-corrected chi connectivity index (χ0v) is 18.7. The van der Waals surface area contributed by atoms with Crippen molar-refractivity contribution in [3.63, 3.8) is 0 Å². The molecule has 2 aromatic heterocycles. The second kappa shape index (κ2) is 9.01. The van der Waals surface area contributed by atoms with E-state index in [9.17, 15) is 18.0 Å². The molecule has 1 unspecified atom stereocenters. The standard InChI is InChI=1S/C22H24F3N5OS/c1-14-5-6-18(30-26-9-10-27-30)16(12-14)21(31)29-11-3-4-15(2)17(29)7-8-20-28-19(13-32-20)22(23,24)25/h5-6,9-10,12-13,15,17H,3-4,7-8,11H2,1-2H3/t15-,17?/m1/s1. The molecule has 1 fully saturated rings. The first kappa shape index (κ1) is 22.4. The number of carbonyl (C=O) groups is 1. The van der Waals surface area contributed by atoms with Crippen molar-refractivity contribution in [2.24, 2.45) is 5.92 Å². The van der Waals surface area contributed by atoms with Gasteiger partial charge < -0.3 is 4.90 Å². The Morgan fingerprint density at radius 3 is 2.69 bits per heavy atom. The van der Waals surface area contributed by atoms with E-state index in [1.54, 1.807) is 12.4 Å². The summed E-state index contributed by atoms with van der Waals surface area (Å²) >= 11 is 1.02. The van der Waals surface area contributed by atoms with Gasteiger partial charge in [-0.05, 0) is 44.2 Å². The summed E-state index contributed by atoms with van der Waals surface area (Å²) in [5.74, 6) is 0.138. The third-order valence-electron chi connectivity index (χ3n) is 5.89. The number of piperidine rings is 1. The average molecular weight is 464 g/mol. The first-order chi connectivity index (χ1) is 15.2. The quantitative estimate of drug-likeness (QED) is 0.539. The van der Waals surface area contributed by atoms with Crippen LogP contribution >= 0.6 is 11.3 Å².